The Kier molecular flexibility index (Phi) is 5.95. The van der Waals surface area contributed by atoms with Crippen LogP contribution >= 0.6 is 0 Å². The molecule has 1 heterocycles. The first-order valence-electron chi connectivity index (χ1n) is 11.5. The minimum Gasteiger partial charge on any atom is -0.488 e. The van der Waals surface area contributed by atoms with Crippen molar-refractivity contribution in [1.82, 2.24) is 5.32 Å². The van der Waals surface area contributed by atoms with Gasteiger partial charge in [0.2, 0.25) is 0 Å². The van der Waals surface area contributed by atoms with Gasteiger partial charge in [0.1, 0.15) is 18.2 Å². The van der Waals surface area contributed by atoms with Crippen LogP contribution in [0, 0.1) is 5.82 Å². The molecule has 1 aliphatic carbocycles. The van der Waals surface area contributed by atoms with Crippen molar-refractivity contribution in [3.63, 3.8) is 0 Å². The summed E-state index contributed by atoms with van der Waals surface area (Å²) in [5, 5.41) is 3.29. The summed E-state index contributed by atoms with van der Waals surface area (Å²) < 4.78 is 25.7. The van der Waals surface area contributed by atoms with Crippen molar-refractivity contribution in [3.05, 3.63) is 118 Å². The molecule has 0 radical (unpaired) electrons. The van der Waals surface area contributed by atoms with Crippen molar-refractivity contribution in [3.8, 4) is 5.75 Å². The molecule has 1 N–H and O–H groups in total. The second kappa shape index (κ2) is 9.22. The van der Waals surface area contributed by atoms with E-state index in [-0.39, 0.29) is 24.8 Å². The van der Waals surface area contributed by atoms with Crippen LogP contribution in [-0.2, 0) is 16.1 Å². The molecule has 3 aromatic rings. The number of carbonyl (C=O) groups is 2. The molecule has 0 unspecified atom stereocenters. The summed E-state index contributed by atoms with van der Waals surface area (Å²) in [5.74, 6) is -1.25. The van der Waals surface area contributed by atoms with Gasteiger partial charge in [-0.2, -0.15) is 0 Å². The first kappa shape index (κ1) is 22.6. The third kappa shape index (κ3) is 3.91. The van der Waals surface area contributed by atoms with Crippen LogP contribution in [0.5, 0.6) is 5.75 Å². The Labute approximate surface area is 202 Å². The zero-order valence-corrected chi connectivity index (χ0v) is 19.4. The summed E-state index contributed by atoms with van der Waals surface area (Å²) in [5.41, 5.74) is 4.55. The Morgan fingerprint density at radius 2 is 1.66 bits per heavy atom. The second-order valence-electron chi connectivity index (χ2n) is 8.40. The van der Waals surface area contributed by atoms with Crippen LogP contribution in [0.25, 0.3) is 5.70 Å². The largest absolute Gasteiger partial charge is 0.488 e. The number of hydrogen-bond donors (Lipinski definition) is 1. The van der Waals surface area contributed by atoms with Gasteiger partial charge in [0.25, 0.3) is 0 Å². The number of nitrogens with one attached hydrogen (secondary N) is 1. The Morgan fingerprint density at radius 1 is 0.971 bits per heavy atom. The highest BCUT2D eigenvalue weighted by Gasteiger charge is 2.43. The van der Waals surface area contributed by atoms with Crippen LogP contribution in [0.2, 0.25) is 0 Å². The number of hydrogen-bond acceptors (Lipinski definition) is 5. The molecule has 2 aliphatic rings. The normalized spacial score (nSPS) is 16.5. The quantitative estimate of drug-likeness (QED) is 0.481. The van der Waals surface area contributed by atoms with Gasteiger partial charge in [-0.25, -0.2) is 9.18 Å². The topological polar surface area (TPSA) is 64.6 Å². The monoisotopic (exact) mass is 469 g/mol. The number of esters is 1. The Balaban J connectivity index is 1.63. The molecular weight excluding hydrogens is 445 g/mol. The molecular formula is C29H24FNO4. The number of Topliss-reactive ketones (excluding diaryl/α,β-unsaturated/α-hetero) is 1. The predicted molar refractivity (Wildman–Crippen MR) is 130 cm³/mol. The minimum atomic E-state index is -0.706. The molecule has 3 aromatic carbocycles. The van der Waals surface area contributed by atoms with Gasteiger partial charge in [-0.3, -0.25) is 4.79 Å². The van der Waals surface area contributed by atoms with E-state index in [2.05, 4.69) is 5.32 Å². The zero-order chi connectivity index (χ0) is 24.5. The SMILES string of the molecule is CCOC(=O)C1=C(C)NC2=C(C(=O)c3ccccc32)[C@H]1c1ccccc1OCc1ccccc1F. The number of fused-ring (bicyclic) bond motifs is 2. The van der Waals surface area contributed by atoms with Crippen molar-refractivity contribution in [2.24, 2.45) is 0 Å². The fraction of sp³-hybridized carbons (Fsp3) is 0.172. The fourth-order valence-corrected chi connectivity index (χ4v) is 4.74. The van der Waals surface area contributed by atoms with Crippen LogP contribution in [0.3, 0.4) is 0 Å². The van der Waals surface area contributed by atoms with E-state index in [4.69, 9.17) is 9.47 Å². The van der Waals surface area contributed by atoms with Crippen molar-refractivity contribution < 1.29 is 23.5 Å². The molecule has 0 saturated carbocycles. The molecule has 176 valence electrons. The highest BCUT2D eigenvalue weighted by Crippen LogP contribution is 2.48. The van der Waals surface area contributed by atoms with Gasteiger partial charge in [0, 0.05) is 33.5 Å². The highest BCUT2D eigenvalue weighted by atomic mass is 19.1. The van der Waals surface area contributed by atoms with E-state index in [1.165, 1.54) is 6.07 Å². The van der Waals surface area contributed by atoms with E-state index in [1.54, 1.807) is 44.2 Å². The second-order valence-corrected chi connectivity index (χ2v) is 8.40. The van der Waals surface area contributed by atoms with Gasteiger partial charge in [0.15, 0.2) is 5.78 Å². The van der Waals surface area contributed by atoms with Gasteiger partial charge < -0.3 is 14.8 Å². The molecule has 35 heavy (non-hydrogen) atoms. The van der Waals surface area contributed by atoms with Gasteiger partial charge in [-0.1, -0.05) is 60.7 Å². The molecule has 0 spiro atoms. The van der Waals surface area contributed by atoms with Crippen LogP contribution in [0.15, 0.2) is 89.6 Å². The first-order valence-corrected chi connectivity index (χ1v) is 11.5. The average Bonchev–Trinajstić information content (AvgIpc) is 3.14. The number of allylic oxidation sites excluding steroid dienone is 2. The van der Waals surface area contributed by atoms with Gasteiger partial charge in [-0.05, 0) is 26.0 Å². The van der Waals surface area contributed by atoms with Crippen molar-refractivity contribution >= 4 is 17.4 Å². The van der Waals surface area contributed by atoms with Crippen LogP contribution in [-0.4, -0.2) is 18.4 Å². The smallest absolute Gasteiger partial charge is 0.336 e. The fourth-order valence-electron chi connectivity index (χ4n) is 4.74. The number of ether oxygens (including phenoxy) is 2. The Bertz CT molecular complexity index is 1410. The number of benzene rings is 3. The average molecular weight is 470 g/mol. The number of carbonyl (C=O) groups excluding carboxylic acids is 2. The number of halogens is 1. The number of para-hydroxylation sites is 1. The number of ketones is 1. The molecule has 0 bridgehead atoms. The van der Waals surface area contributed by atoms with E-state index in [0.717, 1.165) is 5.56 Å². The number of rotatable bonds is 6. The summed E-state index contributed by atoms with van der Waals surface area (Å²) in [6.45, 7) is 3.75. The Morgan fingerprint density at radius 3 is 2.43 bits per heavy atom. The third-order valence-electron chi connectivity index (χ3n) is 6.32. The first-order chi connectivity index (χ1) is 17.0. The summed E-state index contributed by atoms with van der Waals surface area (Å²) in [7, 11) is 0. The van der Waals surface area contributed by atoms with E-state index in [9.17, 15) is 14.0 Å². The summed E-state index contributed by atoms with van der Waals surface area (Å²) in [4.78, 5) is 26.8. The lowest BCUT2D eigenvalue weighted by Gasteiger charge is -2.30. The van der Waals surface area contributed by atoms with Crippen molar-refractivity contribution in [2.75, 3.05) is 6.61 Å². The van der Waals surface area contributed by atoms with E-state index >= 15 is 0 Å². The van der Waals surface area contributed by atoms with Crippen molar-refractivity contribution in [1.29, 1.82) is 0 Å². The maximum atomic E-state index is 14.2. The molecule has 0 aromatic heterocycles. The summed E-state index contributed by atoms with van der Waals surface area (Å²) in [6.07, 6.45) is 0. The lowest BCUT2D eigenvalue weighted by molar-refractivity contribution is -0.138. The maximum Gasteiger partial charge on any atom is 0.336 e. The molecule has 1 aliphatic heterocycles. The number of dihydropyridines is 1. The van der Waals surface area contributed by atoms with E-state index in [1.807, 2.05) is 36.4 Å². The van der Waals surface area contributed by atoms with Crippen molar-refractivity contribution in [2.45, 2.75) is 26.4 Å². The third-order valence-corrected chi connectivity index (χ3v) is 6.32. The Hall–Kier alpha value is -4.19. The molecule has 1 atom stereocenters. The molecule has 0 fully saturated rings. The van der Waals surface area contributed by atoms with Crippen LogP contribution < -0.4 is 10.1 Å². The van der Waals surface area contributed by atoms with Gasteiger partial charge in [-0.15, -0.1) is 0 Å². The zero-order valence-electron chi connectivity index (χ0n) is 19.4. The molecule has 6 heteroatoms. The summed E-state index contributed by atoms with van der Waals surface area (Å²) >= 11 is 0. The standard InChI is InChI=1S/C29H24FNO4/c1-3-34-29(33)24-17(2)31-27-19-11-5-6-12-20(19)28(32)26(27)25(24)21-13-7-9-15-23(21)35-16-18-10-4-8-14-22(18)30/h4-15,25,31H,3,16H2,1-2H3/t25-/m0/s1. The molecule has 0 saturated heterocycles. The highest BCUT2D eigenvalue weighted by molar-refractivity contribution is 6.23. The van der Waals surface area contributed by atoms with Crippen LogP contribution in [0.4, 0.5) is 4.39 Å². The van der Waals surface area contributed by atoms with E-state index < -0.39 is 11.9 Å². The lowest BCUT2D eigenvalue weighted by atomic mass is 9.79. The summed E-state index contributed by atoms with van der Waals surface area (Å²) in [6, 6.07) is 21.0. The van der Waals surface area contributed by atoms with Gasteiger partial charge in [0.05, 0.1) is 23.8 Å². The predicted octanol–water partition coefficient (Wildman–Crippen LogP) is 5.54. The molecule has 0 amide bonds. The minimum absolute atomic E-state index is 0.00612. The molecule has 5 nitrogen and oxygen atoms in total. The van der Waals surface area contributed by atoms with E-state index in [0.29, 0.717) is 45.0 Å². The van der Waals surface area contributed by atoms with Crippen LogP contribution in [0.1, 0.15) is 46.8 Å². The maximum absolute atomic E-state index is 14.2. The molecule has 5 rings (SSSR count). The van der Waals surface area contributed by atoms with Gasteiger partial charge >= 0.3 is 5.97 Å². The lowest BCUT2D eigenvalue weighted by Crippen LogP contribution is -2.29.